The molecule has 0 radical (unpaired) electrons. The van der Waals surface area contributed by atoms with Crippen molar-refractivity contribution in [2.75, 3.05) is 0 Å². The summed E-state index contributed by atoms with van der Waals surface area (Å²) in [4.78, 5) is 0. The van der Waals surface area contributed by atoms with Crippen molar-refractivity contribution in [1.82, 2.24) is 0 Å². The van der Waals surface area contributed by atoms with Crippen molar-refractivity contribution in [1.29, 1.82) is 0 Å². The van der Waals surface area contributed by atoms with E-state index in [1.165, 1.54) is 49.0 Å². The van der Waals surface area contributed by atoms with Gasteiger partial charge in [0.05, 0.1) is 0 Å². The Hall–Kier alpha value is -4.62. The second-order valence-electron chi connectivity index (χ2n) is 9.15. The Labute approximate surface area is 203 Å². The zero-order chi connectivity index (χ0) is 23.4. The first-order valence-electron chi connectivity index (χ1n) is 11.9. The largest absolute Gasteiger partial charge is 0.508 e. The first kappa shape index (κ1) is 19.8. The smallest absolute Gasteiger partial charge is 0.116 e. The van der Waals surface area contributed by atoms with E-state index in [0.29, 0.717) is 0 Å². The Morgan fingerprint density at radius 3 is 1.34 bits per heavy atom. The number of hydrogen-bond donors (Lipinski definition) is 1. The summed E-state index contributed by atoms with van der Waals surface area (Å²) < 4.78 is 0. The van der Waals surface area contributed by atoms with Crippen molar-refractivity contribution in [3.05, 3.63) is 127 Å². The average molecular weight is 447 g/mol. The van der Waals surface area contributed by atoms with E-state index in [0.717, 1.165) is 16.3 Å². The fourth-order valence-corrected chi connectivity index (χ4v) is 5.48. The summed E-state index contributed by atoms with van der Waals surface area (Å²) in [5.74, 6) is 0.288. The minimum atomic E-state index is 0.288. The van der Waals surface area contributed by atoms with Gasteiger partial charge < -0.3 is 5.11 Å². The maximum atomic E-state index is 10.1. The molecule has 1 heteroatoms. The van der Waals surface area contributed by atoms with Gasteiger partial charge in [-0.15, -0.1) is 0 Å². The quantitative estimate of drug-likeness (QED) is 0.262. The molecule has 0 atom stereocenters. The van der Waals surface area contributed by atoms with Crippen LogP contribution in [0.5, 0.6) is 5.75 Å². The van der Waals surface area contributed by atoms with Crippen LogP contribution in [0.25, 0.3) is 65.3 Å². The van der Waals surface area contributed by atoms with E-state index in [-0.39, 0.29) is 5.75 Å². The third-order valence-electron chi connectivity index (χ3n) is 7.08. The SMILES string of the molecule is Oc1ccc2ccc(-c3c4ccccc4c(-c4ccc5ccccc5c4)c4ccccc34)cc2c1. The summed E-state index contributed by atoms with van der Waals surface area (Å²) >= 11 is 0. The van der Waals surface area contributed by atoms with E-state index in [1.54, 1.807) is 6.07 Å². The Morgan fingerprint density at radius 1 is 0.343 bits per heavy atom. The standard InChI is InChI=1S/C34H22O/c35-28-18-17-23-14-16-26(20-27(23)21-28)34-31-11-5-3-9-29(31)33(30-10-4-6-12-32(30)34)25-15-13-22-7-1-2-8-24(22)19-25/h1-21,35H. The van der Waals surface area contributed by atoms with Crippen molar-refractivity contribution in [3.63, 3.8) is 0 Å². The molecule has 7 aromatic rings. The van der Waals surface area contributed by atoms with E-state index in [1.807, 2.05) is 12.1 Å². The summed E-state index contributed by atoms with van der Waals surface area (Å²) in [6.07, 6.45) is 0. The predicted molar refractivity (Wildman–Crippen MR) is 149 cm³/mol. The van der Waals surface area contributed by atoms with Crippen LogP contribution in [0.2, 0.25) is 0 Å². The summed E-state index contributed by atoms with van der Waals surface area (Å²) in [6.45, 7) is 0. The second-order valence-corrected chi connectivity index (χ2v) is 9.15. The Kier molecular flexibility index (Phi) is 4.37. The van der Waals surface area contributed by atoms with Gasteiger partial charge in [0.25, 0.3) is 0 Å². The fourth-order valence-electron chi connectivity index (χ4n) is 5.48. The Balaban J connectivity index is 1.60. The predicted octanol–water partition coefficient (Wildman–Crippen LogP) is 9.34. The van der Waals surface area contributed by atoms with Crippen molar-refractivity contribution in [2.45, 2.75) is 0 Å². The lowest BCUT2D eigenvalue weighted by molar-refractivity contribution is 0.476. The van der Waals surface area contributed by atoms with E-state index in [2.05, 4.69) is 109 Å². The third kappa shape index (κ3) is 3.17. The van der Waals surface area contributed by atoms with Crippen LogP contribution in [0.1, 0.15) is 0 Å². The molecule has 0 bridgehead atoms. The monoisotopic (exact) mass is 446 g/mol. The van der Waals surface area contributed by atoms with Gasteiger partial charge in [-0.2, -0.15) is 0 Å². The molecule has 7 aromatic carbocycles. The molecular formula is C34H22O. The van der Waals surface area contributed by atoms with E-state index in [9.17, 15) is 5.11 Å². The van der Waals surface area contributed by atoms with Gasteiger partial charge in [0, 0.05) is 0 Å². The highest BCUT2D eigenvalue weighted by Crippen LogP contribution is 2.44. The van der Waals surface area contributed by atoms with Crippen molar-refractivity contribution in [2.24, 2.45) is 0 Å². The molecule has 0 unspecified atom stereocenters. The third-order valence-corrected chi connectivity index (χ3v) is 7.08. The summed E-state index contributed by atoms with van der Waals surface area (Å²) in [6, 6.07) is 44.8. The molecular weight excluding hydrogens is 424 g/mol. The van der Waals surface area contributed by atoms with Crippen LogP contribution in [0.4, 0.5) is 0 Å². The molecule has 35 heavy (non-hydrogen) atoms. The highest BCUT2D eigenvalue weighted by Gasteiger charge is 2.16. The van der Waals surface area contributed by atoms with Crippen LogP contribution in [0.15, 0.2) is 127 Å². The van der Waals surface area contributed by atoms with Crippen LogP contribution in [-0.4, -0.2) is 5.11 Å². The lowest BCUT2D eigenvalue weighted by Crippen LogP contribution is -1.91. The van der Waals surface area contributed by atoms with Gasteiger partial charge in [-0.3, -0.25) is 0 Å². The van der Waals surface area contributed by atoms with Gasteiger partial charge >= 0.3 is 0 Å². The van der Waals surface area contributed by atoms with E-state index >= 15 is 0 Å². The van der Waals surface area contributed by atoms with Gasteiger partial charge in [-0.25, -0.2) is 0 Å². The molecule has 0 aliphatic carbocycles. The molecule has 0 aliphatic rings. The van der Waals surface area contributed by atoms with Gasteiger partial charge in [0.15, 0.2) is 0 Å². The van der Waals surface area contributed by atoms with Crippen LogP contribution < -0.4 is 0 Å². The van der Waals surface area contributed by atoms with E-state index < -0.39 is 0 Å². The zero-order valence-electron chi connectivity index (χ0n) is 19.1. The number of phenolic OH excluding ortho intramolecular Hbond substituents is 1. The number of benzene rings is 7. The number of rotatable bonds is 2. The van der Waals surface area contributed by atoms with Gasteiger partial charge in [-0.05, 0) is 89.6 Å². The minimum Gasteiger partial charge on any atom is -0.508 e. The first-order chi connectivity index (χ1) is 17.3. The molecule has 1 nitrogen and oxygen atoms in total. The maximum Gasteiger partial charge on any atom is 0.116 e. The number of aromatic hydroxyl groups is 1. The highest BCUT2D eigenvalue weighted by atomic mass is 16.3. The molecule has 1 N–H and O–H groups in total. The molecule has 0 heterocycles. The normalized spacial score (nSPS) is 11.5. The molecule has 0 aliphatic heterocycles. The fraction of sp³-hybridized carbons (Fsp3) is 0. The molecule has 0 saturated heterocycles. The van der Waals surface area contributed by atoms with Crippen LogP contribution in [0, 0.1) is 0 Å². The van der Waals surface area contributed by atoms with Crippen LogP contribution >= 0.6 is 0 Å². The summed E-state index contributed by atoms with van der Waals surface area (Å²) in [5.41, 5.74) is 4.88. The topological polar surface area (TPSA) is 20.2 Å². The molecule has 0 aromatic heterocycles. The van der Waals surface area contributed by atoms with Crippen molar-refractivity contribution < 1.29 is 5.11 Å². The van der Waals surface area contributed by atoms with Crippen LogP contribution in [0.3, 0.4) is 0 Å². The molecule has 0 spiro atoms. The molecule has 0 fully saturated rings. The molecule has 0 amide bonds. The molecule has 0 saturated carbocycles. The Morgan fingerprint density at radius 2 is 0.771 bits per heavy atom. The van der Waals surface area contributed by atoms with Crippen molar-refractivity contribution in [3.8, 4) is 28.0 Å². The minimum absolute atomic E-state index is 0.288. The van der Waals surface area contributed by atoms with Gasteiger partial charge in [-0.1, -0.05) is 103 Å². The van der Waals surface area contributed by atoms with Crippen LogP contribution in [-0.2, 0) is 0 Å². The summed E-state index contributed by atoms with van der Waals surface area (Å²) in [7, 11) is 0. The lowest BCUT2D eigenvalue weighted by Gasteiger charge is -2.18. The van der Waals surface area contributed by atoms with Gasteiger partial charge in [0.1, 0.15) is 5.75 Å². The number of fused-ring (bicyclic) bond motifs is 4. The number of hydrogen-bond acceptors (Lipinski definition) is 1. The van der Waals surface area contributed by atoms with Gasteiger partial charge in [0.2, 0.25) is 0 Å². The number of phenols is 1. The second kappa shape index (κ2) is 7.72. The van der Waals surface area contributed by atoms with E-state index in [4.69, 9.17) is 0 Å². The zero-order valence-corrected chi connectivity index (χ0v) is 19.1. The Bertz CT molecular complexity index is 1860. The molecule has 7 rings (SSSR count). The van der Waals surface area contributed by atoms with Crippen molar-refractivity contribution >= 4 is 43.1 Å². The summed E-state index contributed by atoms with van der Waals surface area (Å²) in [5, 5.41) is 19.7. The first-order valence-corrected chi connectivity index (χ1v) is 11.9. The lowest BCUT2D eigenvalue weighted by atomic mass is 9.85. The molecule has 164 valence electrons. The highest BCUT2D eigenvalue weighted by molar-refractivity contribution is 6.22. The average Bonchev–Trinajstić information content (AvgIpc) is 2.91. The maximum absolute atomic E-state index is 10.1.